The molecule has 0 amide bonds. The first-order chi connectivity index (χ1) is 13.8. The number of rotatable bonds is 1. The smallest absolute Gasteiger partial charge is 0.122 e. The van der Waals surface area contributed by atoms with Gasteiger partial charge in [0.25, 0.3) is 0 Å². The lowest BCUT2D eigenvalue weighted by Crippen LogP contribution is -2.02. The maximum absolute atomic E-state index is 12.9. The van der Waals surface area contributed by atoms with Gasteiger partial charge in [-0.3, -0.25) is 0 Å². The highest BCUT2D eigenvalue weighted by atomic mass is 32.1. The van der Waals surface area contributed by atoms with Crippen molar-refractivity contribution in [2.45, 2.75) is 0 Å². The van der Waals surface area contributed by atoms with Crippen LogP contribution in [0.25, 0.3) is 0 Å². The van der Waals surface area contributed by atoms with Gasteiger partial charge in [0.05, 0.1) is 9.73 Å². The SMILES string of the molecule is O=S(=C1C=CC(=C=C2C=C[CH-]C=C2)C=C1)=C1C=CC(=[C+]c2ccccc2)C=C1. The lowest BCUT2D eigenvalue weighted by Gasteiger charge is -2.06. The standard InChI is InChI=1S/C26H18OS/c27-28(25-15-11-23(12-16-25)19-21-7-3-1-4-8-21)26-17-13-24(14-18-26)20-22-9-5-2-6-10-22/h1-18H. The molecule has 0 aromatic heterocycles. The largest absolute Gasteiger partial charge is 0.224 e. The lowest BCUT2D eigenvalue weighted by molar-refractivity contribution is 0.699. The second-order valence-corrected chi connectivity index (χ2v) is 7.78. The van der Waals surface area contributed by atoms with Gasteiger partial charge in [0.2, 0.25) is 0 Å². The quantitative estimate of drug-likeness (QED) is 0.386. The maximum Gasteiger partial charge on any atom is 0.122 e. The highest BCUT2D eigenvalue weighted by Gasteiger charge is 2.06. The molecule has 0 unspecified atom stereocenters. The zero-order valence-electron chi connectivity index (χ0n) is 15.2. The van der Waals surface area contributed by atoms with Crippen LogP contribution in [0.4, 0.5) is 0 Å². The average molecular weight is 378 g/mol. The summed E-state index contributed by atoms with van der Waals surface area (Å²) < 4.78 is 12.9. The van der Waals surface area contributed by atoms with Crippen LogP contribution >= 0.6 is 0 Å². The molecule has 0 saturated heterocycles. The van der Waals surface area contributed by atoms with E-state index < -0.39 is 9.98 Å². The van der Waals surface area contributed by atoms with E-state index in [0.29, 0.717) is 0 Å². The molecule has 0 heterocycles. The van der Waals surface area contributed by atoms with Gasteiger partial charge in [-0.25, -0.2) is 4.21 Å². The molecule has 1 nitrogen and oxygen atoms in total. The van der Waals surface area contributed by atoms with E-state index in [2.05, 4.69) is 11.8 Å². The maximum atomic E-state index is 12.9. The van der Waals surface area contributed by atoms with Crippen LogP contribution in [-0.2, 0) is 9.98 Å². The van der Waals surface area contributed by atoms with Gasteiger partial charge in [0.15, 0.2) is 0 Å². The summed E-state index contributed by atoms with van der Waals surface area (Å²) in [5, 5.41) is 0. The van der Waals surface area contributed by atoms with Gasteiger partial charge >= 0.3 is 0 Å². The van der Waals surface area contributed by atoms with E-state index in [9.17, 15) is 4.21 Å². The Labute approximate surface area is 167 Å². The van der Waals surface area contributed by atoms with Crippen molar-refractivity contribution in [3.05, 3.63) is 144 Å². The summed E-state index contributed by atoms with van der Waals surface area (Å²) in [5.74, 6) is 0. The molecule has 1 aromatic rings. The van der Waals surface area contributed by atoms with E-state index >= 15 is 0 Å². The van der Waals surface area contributed by atoms with Gasteiger partial charge in [-0.05, 0) is 54.7 Å². The van der Waals surface area contributed by atoms with Gasteiger partial charge in [0.1, 0.15) is 11.1 Å². The molecule has 0 fully saturated rings. The topological polar surface area (TPSA) is 17.1 Å². The summed E-state index contributed by atoms with van der Waals surface area (Å²) in [5.41, 5.74) is 7.32. The first-order valence-corrected chi connectivity index (χ1v) is 10.2. The van der Waals surface area contributed by atoms with Crippen molar-refractivity contribution in [3.63, 3.8) is 0 Å². The molecule has 2 heteroatoms. The van der Waals surface area contributed by atoms with E-state index in [0.717, 1.165) is 32.0 Å². The molecule has 134 valence electrons. The normalized spacial score (nSPS) is 16.9. The first kappa shape index (κ1) is 17.9. The van der Waals surface area contributed by atoms with Gasteiger partial charge in [-0.1, -0.05) is 5.57 Å². The summed E-state index contributed by atoms with van der Waals surface area (Å²) >= 11 is 0. The van der Waals surface area contributed by atoms with Crippen molar-refractivity contribution in [3.8, 4) is 0 Å². The molecule has 0 N–H and O–H groups in total. The van der Waals surface area contributed by atoms with Crippen LogP contribution in [0.3, 0.4) is 0 Å². The summed E-state index contributed by atoms with van der Waals surface area (Å²) in [6.45, 7) is 0. The second kappa shape index (κ2) is 8.43. The average Bonchev–Trinajstić information content (AvgIpc) is 2.76. The van der Waals surface area contributed by atoms with Crippen molar-refractivity contribution in [1.29, 1.82) is 0 Å². The molecule has 0 radical (unpaired) electrons. The predicted octanol–water partition coefficient (Wildman–Crippen LogP) is 4.89. The highest BCUT2D eigenvalue weighted by Crippen LogP contribution is 2.12. The van der Waals surface area contributed by atoms with Gasteiger partial charge < -0.3 is 0 Å². The number of allylic oxidation sites excluding steroid dienone is 14. The van der Waals surface area contributed by atoms with Crippen LogP contribution in [0.2, 0.25) is 0 Å². The Morgan fingerprint density at radius 3 is 1.93 bits per heavy atom. The first-order valence-electron chi connectivity index (χ1n) is 9.04. The van der Waals surface area contributed by atoms with Crippen molar-refractivity contribution in [2.75, 3.05) is 0 Å². The van der Waals surface area contributed by atoms with Crippen LogP contribution in [0, 0.1) is 12.5 Å². The lowest BCUT2D eigenvalue weighted by atomic mass is 10.1. The fourth-order valence-corrected chi connectivity index (χ4v) is 3.87. The fraction of sp³-hybridized carbons (Fsp3) is 0. The van der Waals surface area contributed by atoms with Crippen LogP contribution in [0.5, 0.6) is 0 Å². The molecular weight excluding hydrogens is 360 g/mol. The third kappa shape index (κ3) is 4.40. The molecule has 1 aromatic carbocycles. The minimum atomic E-state index is -1.21. The third-order valence-electron chi connectivity index (χ3n) is 4.26. The molecule has 0 saturated carbocycles. The Morgan fingerprint density at radius 2 is 1.29 bits per heavy atom. The van der Waals surface area contributed by atoms with Gasteiger partial charge in [-0.15, -0.1) is 5.73 Å². The monoisotopic (exact) mass is 378 g/mol. The van der Waals surface area contributed by atoms with Crippen LogP contribution in [0.1, 0.15) is 5.56 Å². The van der Waals surface area contributed by atoms with E-state index in [1.165, 1.54) is 0 Å². The summed E-state index contributed by atoms with van der Waals surface area (Å²) in [7, 11) is -1.21. The number of benzene rings is 1. The third-order valence-corrected chi connectivity index (χ3v) is 5.66. The molecule has 0 aliphatic heterocycles. The van der Waals surface area contributed by atoms with E-state index in [1.807, 2.05) is 110 Å². The number of hydrogen-bond acceptors (Lipinski definition) is 1. The van der Waals surface area contributed by atoms with Gasteiger partial charge in [-0.2, -0.15) is 30.7 Å². The zero-order valence-corrected chi connectivity index (χ0v) is 16.0. The molecule has 0 atom stereocenters. The Hall–Kier alpha value is -3.54. The Bertz CT molecular complexity index is 1160. The molecule has 0 bridgehead atoms. The van der Waals surface area contributed by atoms with Crippen molar-refractivity contribution >= 4 is 19.7 Å². The van der Waals surface area contributed by atoms with E-state index in [1.54, 1.807) is 0 Å². The molecule has 3 aliphatic carbocycles. The Balaban J connectivity index is 1.59. The summed E-state index contributed by atoms with van der Waals surface area (Å²) in [6.07, 6.45) is 28.7. The van der Waals surface area contributed by atoms with E-state index in [4.69, 9.17) is 0 Å². The van der Waals surface area contributed by atoms with Crippen molar-refractivity contribution in [1.82, 2.24) is 0 Å². The fourth-order valence-electron chi connectivity index (χ4n) is 2.84. The minimum absolute atomic E-state index is 0.780. The Morgan fingerprint density at radius 1 is 0.714 bits per heavy atom. The number of hydrogen-bond donors (Lipinski definition) is 0. The van der Waals surface area contributed by atoms with Crippen LogP contribution in [-0.4, -0.2) is 13.9 Å². The zero-order chi connectivity index (χ0) is 19.2. The summed E-state index contributed by atoms with van der Waals surface area (Å²) in [6, 6.07) is 9.98. The van der Waals surface area contributed by atoms with Crippen molar-refractivity contribution < 1.29 is 4.21 Å². The minimum Gasteiger partial charge on any atom is -0.224 e. The molecular formula is C26H18OS. The van der Waals surface area contributed by atoms with Gasteiger partial charge in [0, 0.05) is 45.9 Å². The molecule has 3 aliphatic rings. The van der Waals surface area contributed by atoms with E-state index in [-0.39, 0.29) is 0 Å². The van der Waals surface area contributed by atoms with Crippen LogP contribution < -0.4 is 0 Å². The van der Waals surface area contributed by atoms with Crippen LogP contribution in [0.15, 0.2) is 126 Å². The molecule has 28 heavy (non-hydrogen) atoms. The van der Waals surface area contributed by atoms with Crippen molar-refractivity contribution in [2.24, 2.45) is 0 Å². The molecule has 0 spiro atoms. The molecule has 4 rings (SSSR count). The highest BCUT2D eigenvalue weighted by molar-refractivity contribution is 7.86. The Kier molecular flexibility index (Phi) is 5.38. The summed E-state index contributed by atoms with van der Waals surface area (Å²) in [4.78, 5) is 1.56. The second-order valence-electron chi connectivity index (χ2n) is 6.30. The predicted molar refractivity (Wildman–Crippen MR) is 120 cm³/mol.